The largest absolute Gasteiger partial charge is 0.330 e. The predicted octanol–water partition coefficient (Wildman–Crippen LogP) is 15.2. The van der Waals surface area contributed by atoms with Gasteiger partial charge in [0.05, 0.1) is 16.6 Å². The lowest BCUT2D eigenvalue weighted by Gasteiger charge is -2.32. The molecule has 0 aliphatic heterocycles. The number of aryl methyl sites for hydroxylation is 1. The van der Waals surface area contributed by atoms with E-state index in [1.165, 1.54) is 103 Å². The summed E-state index contributed by atoms with van der Waals surface area (Å²) in [6.07, 6.45) is 14.9. The standard InChI is InChI=1S/C55H40N2S/c1-55(57-50-20-9-6-16-43(50)45-27-29-52-53(54(45)57)46-18-7-10-21-51(46)58-52)32-30-38(31-33-55)37-22-25-42(26-23-37)56-48-19-8-5-17-44(48)47-35-41(24-28-49(47)56)40-15-11-14-39(34-40)36-12-3-2-4-13-36/h2-4,6-16,18-32,34-35H,5,17,33H2,1H3. The fourth-order valence-corrected chi connectivity index (χ4v) is 11.0. The summed E-state index contributed by atoms with van der Waals surface area (Å²) in [5, 5.41) is 6.71. The lowest BCUT2D eigenvalue weighted by atomic mass is 9.87. The number of para-hydroxylation sites is 1. The van der Waals surface area contributed by atoms with Crippen LogP contribution < -0.4 is 0 Å². The quantitative estimate of drug-likeness (QED) is 0.165. The molecular formula is C55H40N2S. The van der Waals surface area contributed by atoms with E-state index in [9.17, 15) is 0 Å². The second kappa shape index (κ2) is 12.9. The number of hydrogen-bond acceptors (Lipinski definition) is 1. The first-order valence-electron chi connectivity index (χ1n) is 20.5. The molecule has 0 spiro atoms. The van der Waals surface area contributed by atoms with Crippen LogP contribution in [0.3, 0.4) is 0 Å². The van der Waals surface area contributed by atoms with E-state index in [4.69, 9.17) is 0 Å². The summed E-state index contributed by atoms with van der Waals surface area (Å²) in [5.74, 6) is 0. The zero-order chi connectivity index (χ0) is 38.4. The molecule has 2 aliphatic carbocycles. The van der Waals surface area contributed by atoms with Crippen molar-refractivity contribution in [2.24, 2.45) is 0 Å². The minimum atomic E-state index is -0.223. The van der Waals surface area contributed by atoms with Crippen LogP contribution in [0, 0.1) is 0 Å². The number of rotatable bonds is 5. The molecule has 0 bridgehead atoms. The molecule has 2 nitrogen and oxygen atoms in total. The molecule has 276 valence electrons. The third kappa shape index (κ3) is 5.10. The second-order valence-corrected chi connectivity index (χ2v) is 17.3. The average Bonchev–Trinajstić information content (AvgIpc) is 3.95. The molecule has 0 amide bonds. The van der Waals surface area contributed by atoms with Gasteiger partial charge in [0, 0.05) is 53.2 Å². The zero-order valence-corrected chi connectivity index (χ0v) is 33.1. The molecule has 2 aliphatic rings. The van der Waals surface area contributed by atoms with Crippen LogP contribution in [-0.2, 0) is 12.0 Å². The van der Waals surface area contributed by atoms with Crippen molar-refractivity contribution in [3.63, 3.8) is 0 Å². The number of fused-ring (bicyclic) bond motifs is 10. The van der Waals surface area contributed by atoms with Crippen molar-refractivity contribution in [3.8, 4) is 27.9 Å². The minimum Gasteiger partial charge on any atom is -0.330 e. The van der Waals surface area contributed by atoms with E-state index < -0.39 is 0 Å². The molecule has 3 heteroatoms. The maximum Gasteiger partial charge on any atom is 0.0643 e. The summed E-state index contributed by atoms with van der Waals surface area (Å²) < 4.78 is 7.79. The first-order valence-corrected chi connectivity index (χ1v) is 21.3. The van der Waals surface area contributed by atoms with Gasteiger partial charge in [-0.2, -0.15) is 0 Å². The van der Waals surface area contributed by atoms with Crippen LogP contribution in [0.2, 0.25) is 0 Å². The highest BCUT2D eigenvalue weighted by atomic mass is 32.1. The summed E-state index contributed by atoms with van der Waals surface area (Å²) in [6.45, 7) is 2.40. The first-order chi connectivity index (χ1) is 28.6. The highest BCUT2D eigenvalue weighted by Crippen LogP contribution is 2.46. The average molecular weight is 761 g/mol. The monoisotopic (exact) mass is 760 g/mol. The lowest BCUT2D eigenvalue weighted by Crippen LogP contribution is -2.28. The number of hydrogen-bond donors (Lipinski definition) is 0. The maximum absolute atomic E-state index is 2.63. The summed E-state index contributed by atoms with van der Waals surface area (Å²) in [6, 6.07) is 58.4. The van der Waals surface area contributed by atoms with Gasteiger partial charge in [-0.3, -0.25) is 0 Å². The Morgan fingerprint density at radius 1 is 0.552 bits per heavy atom. The van der Waals surface area contributed by atoms with Gasteiger partial charge in [-0.15, -0.1) is 11.3 Å². The summed E-state index contributed by atoms with van der Waals surface area (Å²) in [5.41, 5.74) is 15.1. The number of aromatic nitrogens is 2. The Bertz CT molecular complexity index is 3370. The van der Waals surface area contributed by atoms with Crippen LogP contribution in [0.1, 0.15) is 36.6 Å². The third-order valence-corrected chi connectivity index (χ3v) is 13.9. The zero-order valence-electron chi connectivity index (χ0n) is 32.3. The van der Waals surface area contributed by atoms with Crippen molar-refractivity contribution in [2.45, 2.75) is 31.7 Å². The van der Waals surface area contributed by atoms with E-state index in [1.54, 1.807) is 0 Å². The van der Waals surface area contributed by atoms with Crippen LogP contribution in [0.5, 0.6) is 0 Å². The summed E-state index contributed by atoms with van der Waals surface area (Å²) >= 11 is 1.90. The van der Waals surface area contributed by atoms with Gasteiger partial charge in [0.25, 0.3) is 0 Å². The molecule has 0 N–H and O–H groups in total. The van der Waals surface area contributed by atoms with Crippen LogP contribution in [0.4, 0.5) is 0 Å². The van der Waals surface area contributed by atoms with Crippen LogP contribution >= 0.6 is 11.3 Å². The van der Waals surface area contributed by atoms with Crippen LogP contribution in [0.25, 0.3) is 92.5 Å². The van der Waals surface area contributed by atoms with E-state index in [0.717, 1.165) is 19.3 Å². The van der Waals surface area contributed by atoms with Gasteiger partial charge in [0.15, 0.2) is 0 Å². The number of nitrogens with zero attached hydrogens (tertiary/aromatic N) is 2. The van der Waals surface area contributed by atoms with Crippen molar-refractivity contribution in [3.05, 3.63) is 199 Å². The molecule has 58 heavy (non-hydrogen) atoms. The van der Waals surface area contributed by atoms with E-state index in [0.29, 0.717) is 0 Å². The summed E-state index contributed by atoms with van der Waals surface area (Å²) in [4.78, 5) is 0. The molecule has 12 rings (SSSR count). The van der Waals surface area contributed by atoms with Gasteiger partial charge in [-0.1, -0.05) is 133 Å². The highest BCUT2D eigenvalue weighted by molar-refractivity contribution is 7.26. The number of benzene rings is 7. The van der Waals surface area contributed by atoms with E-state index in [1.807, 2.05) is 11.3 Å². The Morgan fingerprint density at radius 3 is 2.14 bits per heavy atom. The fourth-order valence-electron chi connectivity index (χ4n) is 9.90. The molecule has 1 unspecified atom stereocenters. The van der Waals surface area contributed by atoms with Gasteiger partial charge in [-0.25, -0.2) is 0 Å². The van der Waals surface area contributed by atoms with Gasteiger partial charge in [0.2, 0.25) is 0 Å². The van der Waals surface area contributed by atoms with E-state index in [2.05, 4.69) is 204 Å². The number of thiophene rings is 1. The lowest BCUT2D eigenvalue weighted by molar-refractivity contribution is 0.439. The smallest absolute Gasteiger partial charge is 0.0643 e. The molecule has 3 heterocycles. The molecule has 3 aromatic heterocycles. The van der Waals surface area contributed by atoms with E-state index >= 15 is 0 Å². The van der Waals surface area contributed by atoms with Crippen LogP contribution in [-0.4, -0.2) is 9.13 Å². The summed E-state index contributed by atoms with van der Waals surface area (Å²) in [7, 11) is 0. The molecule has 0 saturated carbocycles. The molecular weight excluding hydrogens is 721 g/mol. The van der Waals surface area contributed by atoms with E-state index in [-0.39, 0.29) is 5.54 Å². The minimum absolute atomic E-state index is 0.223. The van der Waals surface area contributed by atoms with Crippen molar-refractivity contribution in [2.75, 3.05) is 0 Å². The van der Waals surface area contributed by atoms with Gasteiger partial charge >= 0.3 is 0 Å². The third-order valence-electron chi connectivity index (χ3n) is 12.8. The van der Waals surface area contributed by atoms with Crippen molar-refractivity contribution < 1.29 is 0 Å². The second-order valence-electron chi connectivity index (χ2n) is 16.2. The maximum atomic E-state index is 2.63. The van der Waals surface area contributed by atoms with Gasteiger partial charge in [0.1, 0.15) is 0 Å². The van der Waals surface area contributed by atoms with Crippen molar-refractivity contribution in [1.82, 2.24) is 9.13 Å². The Morgan fingerprint density at radius 2 is 1.29 bits per heavy atom. The van der Waals surface area contributed by atoms with Gasteiger partial charge < -0.3 is 9.13 Å². The number of allylic oxidation sites excluding steroid dienone is 5. The Hall–Kier alpha value is -6.68. The highest BCUT2D eigenvalue weighted by Gasteiger charge is 2.30. The Labute approximate surface area is 341 Å². The Kier molecular flexibility index (Phi) is 7.46. The molecule has 0 saturated heterocycles. The molecule has 0 radical (unpaired) electrons. The van der Waals surface area contributed by atoms with Gasteiger partial charge in [-0.05, 0) is 120 Å². The normalized spacial score (nSPS) is 16.5. The fraction of sp³-hybridized carbons (Fsp3) is 0.0909. The van der Waals surface area contributed by atoms with Crippen LogP contribution in [0.15, 0.2) is 182 Å². The van der Waals surface area contributed by atoms with Crippen molar-refractivity contribution in [1.29, 1.82) is 0 Å². The molecule has 7 aromatic carbocycles. The Balaban J connectivity index is 0.898. The first kappa shape index (κ1) is 33.5. The topological polar surface area (TPSA) is 9.86 Å². The molecule has 1 atom stereocenters. The predicted molar refractivity (Wildman–Crippen MR) is 249 cm³/mol. The molecule has 0 fully saturated rings. The molecule has 10 aromatic rings. The SMILES string of the molecule is CC1(n2c3ccccc3c3ccc4sc5ccccc5c4c32)C=CC(c2ccc(-n3c4c(c5cc(-c6cccc(-c7ccccc7)c6)ccc53)CCC=C4)cc2)=CC1. The van der Waals surface area contributed by atoms with Crippen molar-refractivity contribution >= 4 is 75.9 Å².